The topological polar surface area (TPSA) is 138 Å². The van der Waals surface area contributed by atoms with Crippen molar-refractivity contribution in [3.8, 4) is 11.3 Å². The highest BCUT2D eigenvalue weighted by Gasteiger charge is 2.33. The second kappa shape index (κ2) is 10.5. The molecule has 1 unspecified atom stereocenters. The summed E-state index contributed by atoms with van der Waals surface area (Å²) >= 11 is 0. The largest absolute Gasteiger partial charge is 0.468 e. The molecule has 1 saturated carbocycles. The molecule has 0 spiro atoms. The molecule has 0 saturated heterocycles. The molecule has 12 heteroatoms. The van der Waals surface area contributed by atoms with Gasteiger partial charge < -0.3 is 19.6 Å². The van der Waals surface area contributed by atoms with E-state index in [-0.39, 0.29) is 17.2 Å². The van der Waals surface area contributed by atoms with E-state index in [1.807, 2.05) is 0 Å². The number of anilines is 1. The molecule has 198 valence electrons. The predicted octanol–water partition coefficient (Wildman–Crippen LogP) is 2.38. The number of carbonyl (C=O) groups excluding carboxylic acids is 2. The first kappa shape index (κ1) is 26.6. The van der Waals surface area contributed by atoms with Gasteiger partial charge in [0.1, 0.15) is 36.5 Å². The molecule has 3 N–H and O–H groups in total. The number of amides is 1. The summed E-state index contributed by atoms with van der Waals surface area (Å²) in [4.78, 5) is 23.9. The zero-order valence-electron chi connectivity index (χ0n) is 20.6. The number of nitrogens with zero attached hydrogens (tertiary/aromatic N) is 1. The van der Waals surface area contributed by atoms with Crippen LogP contribution >= 0.6 is 0 Å². The molecule has 0 bridgehead atoms. The van der Waals surface area contributed by atoms with Crippen LogP contribution in [0, 0.1) is 5.82 Å². The zero-order valence-corrected chi connectivity index (χ0v) is 21.4. The van der Waals surface area contributed by atoms with E-state index in [1.165, 1.54) is 37.4 Å². The number of hydrogen-bond donors (Lipinski definition) is 3. The summed E-state index contributed by atoms with van der Waals surface area (Å²) in [6.45, 7) is -0.954. The van der Waals surface area contributed by atoms with E-state index in [0.717, 1.165) is 23.4 Å². The lowest BCUT2D eigenvalue weighted by Gasteiger charge is -2.24. The molecule has 3 aromatic rings. The van der Waals surface area contributed by atoms with Crippen LogP contribution in [0.15, 0.2) is 40.8 Å². The Hall–Kier alpha value is -3.48. The number of ether oxygens (including phenoxy) is 1. The van der Waals surface area contributed by atoms with Gasteiger partial charge in [0, 0.05) is 22.6 Å². The van der Waals surface area contributed by atoms with Gasteiger partial charge in [0.25, 0.3) is 0 Å². The first-order valence-electron chi connectivity index (χ1n) is 11.6. The van der Waals surface area contributed by atoms with Gasteiger partial charge >= 0.3 is 5.97 Å². The van der Waals surface area contributed by atoms with E-state index in [2.05, 4.69) is 15.4 Å². The van der Waals surface area contributed by atoms with Crippen molar-refractivity contribution in [2.24, 2.45) is 0 Å². The lowest BCUT2D eigenvalue weighted by Crippen LogP contribution is -2.42. The van der Waals surface area contributed by atoms with Crippen LogP contribution in [-0.2, 0) is 24.3 Å². The predicted molar refractivity (Wildman–Crippen MR) is 135 cm³/mol. The Kier molecular flexibility index (Phi) is 7.53. The fourth-order valence-corrected chi connectivity index (χ4v) is 5.01. The minimum Gasteiger partial charge on any atom is -0.468 e. The third kappa shape index (κ3) is 5.76. The quantitative estimate of drug-likeness (QED) is 0.267. The van der Waals surface area contributed by atoms with Gasteiger partial charge in [0.05, 0.1) is 19.1 Å². The van der Waals surface area contributed by atoms with Crippen LogP contribution in [0.1, 0.15) is 36.1 Å². The number of hydrogen-bond acceptors (Lipinski definition) is 8. The summed E-state index contributed by atoms with van der Waals surface area (Å²) in [5.41, 5.74) is 2.20. The van der Waals surface area contributed by atoms with Gasteiger partial charge in [0.2, 0.25) is 15.9 Å². The number of methoxy groups -OCH3 is 1. The minimum absolute atomic E-state index is 0.0607. The molecule has 1 heterocycles. The van der Waals surface area contributed by atoms with Crippen LogP contribution in [0.3, 0.4) is 0 Å². The highest BCUT2D eigenvalue weighted by atomic mass is 32.2. The van der Waals surface area contributed by atoms with Crippen LogP contribution in [0.4, 0.5) is 10.1 Å². The number of carbonyl (C=O) groups is 2. The van der Waals surface area contributed by atoms with Crippen molar-refractivity contribution in [2.75, 3.05) is 37.8 Å². The number of fused-ring (bicyclic) bond motifs is 1. The summed E-state index contributed by atoms with van der Waals surface area (Å²) in [5, 5.41) is 16.5. The maximum Gasteiger partial charge on any atom is 0.325 e. The summed E-state index contributed by atoms with van der Waals surface area (Å²) < 4.78 is 50.7. The molecule has 1 aliphatic carbocycles. The molecule has 1 amide bonds. The maximum atomic E-state index is 13.5. The molecule has 10 nitrogen and oxygen atoms in total. The van der Waals surface area contributed by atoms with Crippen molar-refractivity contribution in [2.45, 2.75) is 25.0 Å². The number of rotatable bonds is 10. The molecule has 37 heavy (non-hydrogen) atoms. The van der Waals surface area contributed by atoms with Crippen LogP contribution in [0.5, 0.6) is 0 Å². The van der Waals surface area contributed by atoms with E-state index in [1.54, 1.807) is 13.1 Å². The lowest BCUT2D eigenvalue weighted by molar-refractivity contribution is -0.141. The van der Waals surface area contributed by atoms with Gasteiger partial charge in [0.15, 0.2) is 0 Å². The second-order valence-electron chi connectivity index (χ2n) is 8.85. The smallest absolute Gasteiger partial charge is 0.325 e. The van der Waals surface area contributed by atoms with Crippen LogP contribution in [0.2, 0.25) is 0 Å². The normalized spacial score (nSPS) is 14.4. The van der Waals surface area contributed by atoms with Crippen molar-refractivity contribution in [3.63, 3.8) is 0 Å². The maximum absolute atomic E-state index is 13.5. The highest BCUT2D eigenvalue weighted by molar-refractivity contribution is 7.92. The average Bonchev–Trinajstić information content (AvgIpc) is 3.64. The summed E-state index contributed by atoms with van der Waals surface area (Å²) in [6, 6.07) is 8.91. The van der Waals surface area contributed by atoms with E-state index < -0.39 is 47.0 Å². The Morgan fingerprint density at radius 2 is 1.92 bits per heavy atom. The Bertz CT molecular complexity index is 1430. The Balaban J connectivity index is 1.85. The number of furan rings is 1. The number of nitrogens with one attached hydrogen (secondary N) is 2. The Morgan fingerprint density at radius 3 is 2.49 bits per heavy atom. The van der Waals surface area contributed by atoms with Gasteiger partial charge in [-0.3, -0.25) is 19.2 Å². The fraction of sp³-hybridized carbons (Fsp3) is 0.360. The zero-order chi connectivity index (χ0) is 26.9. The highest BCUT2D eigenvalue weighted by Crippen LogP contribution is 2.48. The first-order valence-corrected chi connectivity index (χ1v) is 13.4. The SMILES string of the molecule is CNC(O)c1c(-c2ccc(F)cc2)oc2cc(N(CC(=O)NCC(=O)OC)S(C)(=O)=O)c(C3CC3)cc12. The van der Waals surface area contributed by atoms with E-state index >= 15 is 0 Å². The van der Waals surface area contributed by atoms with E-state index in [0.29, 0.717) is 27.8 Å². The first-order chi connectivity index (χ1) is 17.5. The van der Waals surface area contributed by atoms with Crippen LogP contribution in [0.25, 0.3) is 22.3 Å². The number of aliphatic hydroxyl groups is 1. The van der Waals surface area contributed by atoms with Crippen LogP contribution in [-0.4, -0.2) is 58.9 Å². The molecular weight excluding hydrogens is 505 g/mol. The summed E-state index contributed by atoms with van der Waals surface area (Å²) in [6.07, 6.45) is 1.53. The standard InChI is InChI=1S/C25H28FN3O7S/c1-27-25(32)23-18-10-17(14-4-5-14)19(11-20(18)36-24(23)15-6-8-16(26)9-7-15)29(37(3,33)34)13-21(30)28-12-22(31)35-2/h6-11,14,25,27,32H,4-5,12-13H2,1-3H3,(H,28,30). The molecule has 2 aromatic carbocycles. The molecule has 1 fully saturated rings. The number of benzene rings is 2. The monoisotopic (exact) mass is 533 g/mol. The molecular formula is C25H28FN3O7S. The minimum atomic E-state index is -3.92. The number of esters is 1. The Morgan fingerprint density at radius 1 is 1.24 bits per heavy atom. The third-order valence-corrected chi connectivity index (χ3v) is 7.29. The third-order valence-electron chi connectivity index (χ3n) is 6.16. The van der Waals surface area contributed by atoms with Gasteiger partial charge in [-0.25, -0.2) is 12.8 Å². The molecule has 0 radical (unpaired) electrons. The summed E-state index contributed by atoms with van der Waals surface area (Å²) in [5.74, 6) is -1.42. The van der Waals surface area contributed by atoms with Gasteiger partial charge in [-0.05, 0) is 61.7 Å². The molecule has 1 aliphatic rings. The fourth-order valence-electron chi connectivity index (χ4n) is 4.15. The average molecular weight is 534 g/mol. The van der Waals surface area contributed by atoms with Crippen molar-refractivity contribution < 1.29 is 36.7 Å². The Labute approximate surface area is 213 Å². The molecule has 1 aromatic heterocycles. The van der Waals surface area contributed by atoms with Crippen molar-refractivity contribution >= 4 is 38.6 Å². The molecule has 4 rings (SSSR count). The van der Waals surface area contributed by atoms with E-state index in [9.17, 15) is 27.5 Å². The molecule has 1 atom stereocenters. The van der Waals surface area contributed by atoms with Crippen molar-refractivity contribution in [3.05, 3.63) is 53.3 Å². The number of halogens is 1. The lowest BCUT2D eigenvalue weighted by atomic mass is 10.00. The number of aliphatic hydroxyl groups excluding tert-OH is 1. The van der Waals surface area contributed by atoms with Crippen LogP contribution < -0.4 is 14.9 Å². The van der Waals surface area contributed by atoms with Gasteiger partial charge in [-0.1, -0.05) is 0 Å². The summed E-state index contributed by atoms with van der Waals surface area (Å²) in [7, 11) is -1.17. The van der Waals surface area contributed by atoms with Gasteiger partial charge in [-0.2, -0.15) is 0 Å². The van der Waals surface area contributed by atoms with Crippen molar-refractivity contribution in [1.29, 1.82) is 0 Å². The molecule has 0 aliphatic heterocycles. The van der Waals surface area contributed by atoms with Gasteiger partial charge in [-0.15, -0.1) is 0 Å². The van der Waals surface area contributed by atoms with E-state index in [4.69, 9.17) is 4.42 Å². The number of sulfonamides is 1. The van der Waals surface area contributed by atoms with Crippen molar-refractivity contribution in [1.82, 2.24) is 10.6 Å². The second-order valence-corrected chi connectivity index (χ2v) is 10.8.